The van der Waals surface area contributed by atoms with E-state index in [4.69, 9.17) is 4.42 Å². The number of aryl methyl sites for hydroxylation is 1. The Bertz CT molecular complexity index is 922. The van der Waals surface area contributed by atoms with E-state index in [1.807, 2.05) is 31.2 Å². The van der Waals surface area contributed by atoms with Crippen molar-refractivity contribution in [3.8, 4) is 11.5 Å². The minimum Gasteiger partial charge on any atom is -0.421 e. The fraction of sp³-hybridized carbons (Fsp3) is 0.235. The highest BCUT2D eigenvalue weighted by atomic mass is 32.2. The van der Waals surface area contributed by atoms with Gasteiger partial charge in [-0.15, -0.1) is 10.2 Å². The zero-order valence-electron chi connectivity index (χ0n) is 13.7. The van der Waals surface area contributed by atoms with E-state index in [1.54, 1.807) is 24.5 Å². The van der Waals surface area contributed by atoms with Gasteiger partial charge in [0.25, 0.3) is 0 Å². The highest BCUT2D eigenvalue weighted by Gasteiger charge is 2.13. The second-order valence-electron chi connectivity index (χ2n) is 5.63. The lowest BCUT2D eigenvalue weighted by Gasteiger charge is -2.06. The fourth-order valence-corrected chi connectivity index (χ4v) is 3.38. The fourth-order valence-electron chi connectivity index (χ4n) is 2.23. The molecule has 0 saturated carbocycles. The van der Waals surface area contributed by atoms with Gasteiger partial charge in [-0.3, -0.25) is 4.98 Å². The number of nitrogens with zero attached hydrogens (tertiary/aromatic N) is 3. The maximum atomic E-state index is 12.1. The van der Waals surface area contributed by atoms with Gasteiger partial charge in [0.05, 0.1) is 5.75 Å². The Kier molecular flexibility index (Phi) is 5.20. The van der Waals surface area contributed by atoms with Gasteiger partial charge in [0.15, 0.2) is 0 Å². The molecule has 0 radical (unpaired) electrons. The Hall–Kier alpha value is -2.58. The molecule has 2 heterocycles. The molecule has 1 aromatic carbocycles. The van der Waals surface area contributed by atoms with Crippen LogP contribution in [0.5, 0.6) is 0 Å². The Morgan fingerprint density at radius 3 is 2.48 bits per heavy atom. The number of rotatable bonds is 7. The summed E-state index contributed by atoms with van der Waals surface area (Å²) >= 11 is 0. The molecule has 3 aromatic rings. The molecule has 1 N–H and O–H groups in total. The minimum absolute atomic E-state index is 0.0562. The van der Waals surface area contributed by atoms with Crippen LogP contribution in [0.3, 0.4) is 0 Å². The number of nitrogens with one attached hydrogen (secondary N) is 1. The lowest BCUT2D eigenvalue weighted by atomic mass is 10.2. The maximum Gasteiger partial charge on any atom is 0.247 e. The number of benzene rings is 1. The quantitative estimate of drug-likeness (QED) is 0.694. The van der Waals surface area contributed by atoms with Gasteiger partial charge < -0.3 is 4.42 Å². The molecule has 130 valence electrons. The minimum atomic E-state index is -3.41. The van der Waals surface area contributed by atoms with Crippen molar-refractivity contribution >= 4 is 10.0 Å². The van der Waals surface area contributed by atoms with Gasteiger partial charge in [-0.2, -0.15) is 0 Å². The standard InChI is InChI=1S/C17H18N4O3S/c1-13-2-4-14(5-3-13)12-25(22,23)19-11-8-16-20-21-17(24-16)15-6-9-18-10-7-15/h2-7,9-10,19H,8,11-12H2,1H3. The molecule has 25 heavy (non-hydrogen) atoms. The van der Waals surface area contributed by atoms with E-state index in [-0.39, 0.29) is 12.3 Å². The molecule has 0 spiro atoms. The summed E-state index contributed by atoms with van der Waals surface area (Å²) in [6.07, 6.45) is 3.60. The first-order chi connectivity index (χ1) is 12.0. The number of aromatic nitrogens is 3. The first kappa shape index (κ1) is 17.2. The van der Waals surface area contributed by atoms with Crippen molar-refractivity contribution < 1.29 is 12.8 Å². The molecule has 2 aromatic heterocycles. The zero-order chi connectivity index (χ0) is 17.7. The first-order valence-corrected chi connectivity index (χ1v) is 9.43. The Balaban J connectivity index is 1.54. The van der Waals surface area contributed by atoms with Crippen LogP contribution in [0.2, 0.25) is 0 Å². The van der Waals surface area contributed by atoms with Crippen molar-refractivity contribution in [2.45, 2.75) is 19.1 Å². The van der Waals surface area contributed by atoms with Crippen molar-refractivity contribution in [1.82, 2.24) is 19.9 Å². The van der Waals surface area contributed by atoms with E-state index in [2.05, 4.69) is 19.9 Å². The highest BCUT2D eigenvalue weighted by molar-refractivity contribution is 7.88. The van der Waals surface area contributed by atoms with E-state index in [0.29, 0.717) is 18.2 Å². The van der Waals surface area contributed by atoms with Crippen LogP contribution >= 0.6 is 0 Å². The van der Waals surface area contributed by atoms with E-state index >= 15 is 0 Å². The van der Waals surface area contributed by atoms with E-state index in [9.17, 15) is 8.42 Å². The summed E-state index contributed by atoms with van der Waals surface area (Å²) in [5.41, 5.74) is 2.61. The lowest BCUT2D eigenvalue weighted by Crippen LogP contribution is -2.27. The van der Waals surface area contributed by atoms with Gasteiger partial charge in [-0.1, -0.05) is 29.8 Å². The van der Waals surface area contributed by atoms with Gasteiger partial charge in [-0.05, 0) is 24.6 Å². The lowest BCUT2D eigenvalue weighted by molar-refractivity contribution is 0.502. The van der Waals surface area contributed by atoms with Gasteiger partial charge in [0, 0.05) is 30.9 Å². The Morgan fingerprint density at radius 1 is 1.04 bits per heavy atom. The molecular weight excluding hydrogens is 340 g/mol. The first-order valence-electron chi connectivity index (χ1n) is 7.77. The van der Waals surface area contributed by atoms with Gasteiger partial charge in [0.2, 0.25) is 21.8 Å². The van der Waals surface area contributed by atoms with Crippen molar-refractivity contribution in [3.05, 3.63) is 65.8 Å². The summed E-state index contributed by atoms with van der Waals surface area (Å²) in [6.45, 7) is 2.16. The van der Waals surface area contributed by atoms with Gasteiger partial charge in [0.1, 0.15) is 0 Å². The predicted molar refractivity (Wildman–Crippen MR) is 93.0 cm³/mol. The molecule has 0 bridgehead atoms. The van der Waals surface area contributed by atoms with Crippen LogP contribution in [-0.2, 0) is 22.2 Å². The number of hydrogen-bond acceptors (Lipinski definition) is 6. The van der Waals surface area contributed by atoms with E-state index in [1.165, 1.54) is 0 Å². The second kappa shape index (κ2) is 7.54. The van der Waals surface area contributed by atoms with Gasteiger partial charge >= 0.3 is 0 Å². The average Bonchev–Trinajstić information content (AvgIpc) is 3.06. The molecule has 0 aliphatic carbocycles. The van der Waals surface area contributed by atoms with Crippen molar-refractivity contribution in [3.63, 3.8) is 0 Å². The molecule has 7 nitrogen and oxygen atoms in total. The summed E-state index contributed by atoms with van der Waals surface area (Å²) in [7, 11) is -3.41. The third kappa shape index (κ3) is 4.94. The predicted octanol–water partition coefficient (Wildman–Crippen LogP) is 2.10. The summed E-state index contributed by atoms with van der Waals surface area (Å²) < 4.78 is 32.3. The SMILES string of the molecule is Cc1ccc(CS(=O)(=O)NCCc2nnc(-c3ccncc3)o2)cc1. The molecule has 0 saturated heterocycles. The molecule has 3 rings (SSSR count). The van der Waals surface area contributed by atoms with Crippen LogP contribution < -0.4 is 4.72 Å². The number of hydrogen-bond donors (Lipinski definition) is 1. The van der Waals surface area contributed by atoms with E-state index < -0.39 is 10.0 Å². The van der Waals surface area contributed by atoms with Crippen molar-refractivity contribution in [2.75, 3.05) is 6.54 Å². The van der Waals surface area contributed by atoms with Crippen LogP contribution in [0.15, 0.2) is 53.2 Å². The van der Waals surface area contributed by atoms with Gasteiger partial charge in [-0.25, -0.2) is 13.1 Å². The topological polar surface area (TPSA) is 98.0 Å². The molecule has 0 atom stereocenters. The number of sulfonamides is 1. The largest absolute Gasteiger partial charge is 0.421 e. The Morgan fingerprint density at radius 2 is 1.76 bits per heavy atom. The second-order valence-corrected chi connectivity index (χ2v) is 7.43. The van der Waals surface area contributed by atoms with Crippen molar-refractivity contribution in [2.24, 2.45) is 0 Å². The molecule has 0 aliphatic rings. The highest BCUT2D eigenvalue weighted by Crippen LogP contribution is 2.16. The maximum absolute atomic E-state index is 12.1. The smallest absolute Gasteiger partial charge is 0.247 e. The zero-order valence-corrected chi connectivity index (χ0v) is 14.5. The van der Waals surface area contributed by atoms with Crippen LogP contribution in [-0.4, -0.2) is 30.1 Å². The molecule has 0 amide bonds. The van der Waals surface area contributed by atoms with Crippen molar-refractivity contribution in [1.29, 1.82) is 0 Å². The molecular formula is C17H18N4O3S. The summed E-state index contributed by atoms with van der Waals surface area (Å²) in [4.78, 5) is 3.93. The van der Waals surface area contributed by atoms with Crippen LogP contribution in [0.1, 0.15) is 17.0 Å². The monoisotopic (exact) mass is 358 g/mol. The summed E-state index contributed by atoms with van der Waals surface area (Å²) in [5, 5.41) is 7.89. The number of pyridine rings is 1. The molecule has 0 unspecified atom stereocenters. The third-order valence-corrected chi connectivity index (χ3v) is 4.89. The summed E-state index contributed by atoms with van der Waals surface area (Å²) in [5.74, 6) is 0.712. The normalized spacial score (nSPS) is 11.6. The Labute approximate surface area is 146 Å². The molecule has 0 fully saturated rings. The molecule has 8 heteroatoms. The van der Waals surface area contributed by atoms with Crippen LogP contribution in [0.25, 0.3) is 11.5 Å². The third-order valence-electron chi connectivity index (χ3n) is 3.53. The van der Waals surface area contributed by atoms with Crippen LogP contribution in [0.4, 0.5) is 0 Å². The average molecular weight is 358 g/mol. The molecule has 0 aliphatic heterocycles. The van der Waals surface area contributed by atoms with E-state index in [0.717, 1.165) is 16.7 Å². The summed E-state index contributed by atoms with van der Waals surface area (Å²) in [6, 6.07) is 10.9. The van der Waals surface area contributed by atoms with Crippen LogP contribution in [0, 0.1) is 6.92 Å².